The Morgan fingerprint density at radius 3 is 2.85 bits per heavy atom. The van der Waals surface area contributed by atoms with Crippen LogP contribution in [0.4, 0.5) is 4.79 Å². The molecule has 0 aliphatic carbocycles. The Balaban J connectivity index is 2.83. The third kappa shape index (κ3) is 1.88. The van der Waals surface area contributed by atoms with Crippen LogP contribution in [-0.4, -0.2) is 28.9 Å². The molecule has 2 amide bonds. The average Bonchev–Trinajstić information content (AvgIpc) is 2.01. The third-order valence-electron chi connectivity index (χ3n) is 2.09. The molecule has 13 heavy (non-hydrogen) atoms. The Kier molecular flexibility index (Phi) is 2.70. The molecular formula is C9H15N3O. The van der Waals surface area contributed by atoms with Gasteiger partial charge in [0.25, 0.3) is 0 Å². The molecule has 1 aliphatic rings. The van der Waals surface area contributed by atoms with Crippen molar-refractivity contribution in [1.29, 1.82) is 5.41 Å². The maximum Gasteiger partial charge on any atom is 0.323 e. The van der Waals surface area contributed by atoms with E-state index in [-0.39, 0.29) is 24.0 Å². The first-order chi connectivity index (χ1) is 6.06. The second-order valence-corrected chi connectivity index (χ2v) is 3.42. The first-order valence-corrected chi connectivity index (χ1v) is 4.35. The average molecular weight is 181 g/mol. The van der Waals surface area contributed by atoms with E-state index in [1.54, 1.807) is 11.0 Å². The minimum absolute atomic E-state index is 0.0405. The zero-order valence-electron chi connectivity index (χ0n) is 8.00. The van der Waals surface area contributed by atoms with Crippen molar-refractivity contribution in [1.82, 2.24) is 10.2 Å². The van der Waals surface area contributed by atoms with E-state index in [1.165, 1.54) is 0 Å². The fourth-order valence-corrected chi connectivity index (χ4v) is 1.52. The van der Waals surface area contributed by atoms with Crippen LogP contribution in [0, 0.1) is 5.41 Å². The van der Waals surface area contributed by atoms with Crippen LogP contribution < -0.4 is 5.32 Å². The number of hydrogen-bond donors (Lipinski definition) is 2. The molecule has 2 N–H and O–H groups in total. The summed E-state index contributed by atoms with van der Waals surface area (Å²) in [6.45, 7) is 7.57. The predicted molar refractivity (Wildman–Crippen MR) is 51.8 cm³/mol. The number of urea groups is 1. The normalized spacial score (nSPS) is 23.3. The Hall–Kier alpha value is -1.32. The Morgan fingerprint density at radius 2 is 2.38 bits per heavy atom. The molecule has 1 unspecified atom stereocenters. The van der Waals surface area contributed by atoms with Gasteiger partial charge in [-0.3, -0.25) is 10.7 Å². The van der Waals surface area contributed by atoms with Crippen LogP contribution in [0.3, 0.4) is 0 Å². The molecule has 1 atom stereocenters. The van der Waals surface area contributed by atoms with Gasteiger partial charge in [0, 0.05) is 12.5 Å². The van der Waals surface area contributed by atoms with Crippen LogP contribution >= 0.6 is 0 Å². The summed E-state index contributed by atoms with van der Waals surface area (Å²) in [4.78, 5) is 13.1. The summed E-state index contributed by atoms with van der Waals surface area (Å²) >= 11 is 0. The molecule has 0 aromatic carbocycles. The molecule has 0 aromatic rings. The van der Waals surface area contributed by atoms with E-state index in [4.69, 9.17) is 5.41 Å². The van der Waals surface area contributed by atoms with E-state index in [2.05, 4.69) is 11.9 Å². The van der Waals surface area contributed by atoms with Gasteiger partial charge in [-0.2, -0.15) is 0 Å². The minimum atomic E-state index is -0.198. The molecule has 1 fully saturated rings. The molecule has 0 radical (unpaired) electrons. The first kappa shape index (κ1) is 9.77. The Morgan fingerprint density at radius 1 is 1.77 bits per heavy atom. The highest BCUT2D eigenvalue weighted by molar-refractivity contribution is 5.99. The largest absolute Gasteiger partial charge is 0.323 e. The molecule has 1 rings (SSSR count). The molecule has 4 nitrogen and oxygen atoms in total. The smallest absolute Gasteiger partial charge is 0.315 e. The van der Waals surface area contributed by atoms with Crippen molar-refractivity contribution in [2.75, 3.05) is 0 Å². The lowest BCUT2D eigenvalue weighted by molar-refractivity contribution is 0.167. The van der Waals surface area contributed by atoms with E-state index < -0.39 is 0 Å². The second-order valence-electron chi connectivity index (χ2n) is 3.42. The van der Waals surface area contributed by atoms with E-state index >= 15 is 0 Å². The topological polar surface area (TPSA) is 56.2 Å². The van der Waals surface area contributed by atoms with E-state index in [0.29, 0.717) is 6.42 Å². The van der Waals surface area contributed by atoms with Crippen molar-refractivity contribution in [3.8, 4) is 0 Å². The van der Waals surface area contributed by atoms with Crippen molar-refractivity contribution in [3.05, 3.63) is 12.7 Å². The summed E-state index contributed by atoms with van der Waals surface area (Å²) in [5, 5.41) is 9.87. The van der Waals surface area contributed by atoms with E-state index in [9.17, 15) is 4.79 Å². The minimum Gasteiger partial charge on any atom is -0.315 e. The van der Waals surface area contributed by atoms with Gasteiger partial charge in [-0.15, -0.1) is 6.58 Å². The van der Waals surface area contributed by atoms with Crippen LogP contribution in [0.15, 0.2) is 12.7 Å². The summed E-state index contributed by atoms with van der Waals surface area (Å²) in [7, 11) is 0. The molecule has 4 heteroatoms. The lowest BCUT2D eigenvalue weighted by Crippen LogP contribution is -2.56. The Labute approximate surface area is 78.1 Å². The van der Waals surface area contributed by atoms with Crippen molar-refractivity contribution in [3.63, 3.8) is 0 Å². The standard InChI is InChI=1S/C9H15N3O/c1-4-7-5-8(10)11-9(13)12(7)6(2)3/h4,6-7H,1,5H2,2-3H3,(H2,10,11,13). The molecule has 1 heterocycles. The van der Waals surface area contributed by atoms with Crippen LogP contribution in [0.25, 0.3) is 0 Å². The second kappa shape index (κ2) is 3.60. The van der Waals surface area contributed by atoms with Crippen molar-refractivity contribution >= 4 is 11.9 Å². The number of hydrogen-bond acceptors (Lipinski definition) is 2. The van der Waals surface area contributed by atoms with Gasteiger partial charge in [-0.05, 0) is 13.8 Å². The van der Waals surface area contributed by atoms with Crippen molar-refractivity contribution in [2.24, 2.45) is 0 Å². The lowest BCUT2D eigenvalue weighted by Gasteiger charge is -2.37. The molecular weight excluding hydrogens is 166 g/mol. The van der Waals surface area contributed by atoms with Crippen LogP contribution in [0.1, 0.15) is 20.3 Å². The molecule has 72 valence electrons. The molecule has 0 bridgehead atoms. The van der Waals surface area contributed by atoms with E-state index in [0.717, 1.165) is 0 Å². The predicted octanol–water partition coefficient (Wildman–Crippen LogP) is 1.34. The summed E-state index contributed by atoms with van der Waals surface area (Å²) in [6.07, 6.45) is 2.25. The van der Waals surface area contributed by atoms with Gasteiger partial charge in [0.1, 0.15) is 5.84 Å². The van der Waals surface area contributed by atoms with Gasteiger partial charge < -0.3 is 4.90 Å². The lowest BCUT2D eigenvalue weighted by atomic mass is 10.1. The molecule has 0 spiro atoms. The van der Waals surface area contributed by atoms with Gasteiger partial charge in [-0.1, -0.05) is 6.08 Å². The first-order valence-electron chi connectivity index (χ1n) is 4.35. The van der Waals surface area contributed by atoms with Gasteiger partial charge in [0.15, 0.2) is 0 Å². The zero-order chi connectivity index (χ0) is 10.0. The summed E-state index contributed by atoms with van der Waals surface area (Å²) in [5.41, 5.74) is 0. The number of carbonyl (C=O) groups is 1. The summed E-state index contributed by atoms with van der Waals surface area (Å²) in [5.74, 6) is 0.270. The van der Waals surface area contributed by atoms with Gasteiger partial charge in [-0.25, -0.2) is 4.79 Å². The fraction of sp³-hybridized carbons (Fsp3) is 0.556. The number of nitrogens with one attached hydrogen (secondary N) is 2. The third-order valence-corrected chi connectivity index (χ3v) is 2.09. The fourth-order valence-electron chi connectivity index (χ4n) is 1.52. The quantitative estimate of drug-likeness (QED) is 0.620. The number of nitrogens with zero attached hydrogens (tertiary/aromatic N) is 1. The van der Waals surface area contributed by atoms with Gasteiger partial charge in [0.05, 0.1) is 6.04 Å². The number of amidine groups is 1. The summed E-state index contributed by atoms with van der Waals surface area (Å²) < 4.78 is 0. The zero-order valence-corrected chi connectivity index (χ0v) is 8.00. The molecule has 0 saturated carbocycles. The van der Waals surface area contributed by atoms with Crippen molar-refractivity contribution < 1.29 is 4.79 Å². The monoisotopic (exact) mass is 181 g/mol. The highest BCUT2D eigenvalue weighted by Gasteiger charge is 2.30. The Bertz CT molecular complexity index is 247. The summed E-state index contributed by atoms with van der Waals surface area (Å²) in [6, 6.07) is -0.103. The van der Waals surface area contributed by atoms with Gasteiger partial charge in [0.2, 0.25) is 0 Å². The maximum absolute atomic E-state index is 11.4. The molecule has 1 aliphatic heterocycles. The van der Waals surface area contributed by atoms with Crippen molar-refractivity contribution in [2.45, 2.75) is 32.4 Å². The number of amides is 2. The SMILES string of the molecule is C=CC1CC(=N)NC(=O)N1C(C)C. The highest BCUT2D eigenvalue weighted by Crippen LogP contribution is 2.14. The molecule has 0 aromatic heterocycles. The van der Waals surface area contributed by atoms with Crippen LogP contribution in [0.5, 0.6) is 0 Å². The molecule has 1 saturated heterocycles. The number of carbonyl (C=O) groups excluding carboxylic acids is 1. The van der Waals surface area contributed by atoms with E-state index in [1.807, 2.05) is 13.8 Å². The van der Waals surface area contributed by atoms with Crippen LogP contribution in [-0.2, 0) is 0 Å². The maximum atomic E-state index is 11.4. The van der Waals surface area contributed by atoms with Gasteiger partial charge >= 0.3 is 6.03 Å². The number of rotatable bonds is 2. The highest BCUT2D eigenvalue weighted by atomic mass is 16.2. The van der Waals surface area contributed by atoms with Crippen LogP contribution in [0.2, 0.25) is 0 Å².